The highest BCUT2D eigenvalue weighted by Gasteiger charge is 2.46. The molecule has 3 rings (SSSR count). The van der Waals surface area contributed by atoms with Crippen LogP contribution in [0.25, 0.3) is 0 Å². The third kappa shape index (κ3) is 3.97. The fourth-order valence-corrected chi connectivity index (χ4v) is 4.73. The fraction of sp³-hybridized carbons (Fsp3) is 0.500. The predicted molar refractivity (Wildman–Crippen MR) is 113 cm³/mol. The maximum atomic E-state index is 13.2. The van der Waals surface area contributed by atoms with Crippen molar-refractivity contribution < 1.29 is 24.2 Å². The molecule has 1 heterocycles. The lowest BCUT2D eigenvalue weighted by atomic mass is 9.67. The third-order valence-corrected chi connectivity index (χ3v) is 6.08. The maximum absolute atomic E-state index is 13.2. The van der Waals surface area contributed by atoms with E-state index < -0.39 is 17.8 Å². The number of aromatic hydroxyl groups is 1. The molecule has 2 aliphatic rings. The summed E-state index contributed by atoms with van der Waals surface area (Å²) in [5.74, 6) is -1.43. The molecule has 1 aliphatic carbocycles. The summed E-state index contributed by atoms with van der Waals surface area (Å²) < 4.78 is 11.1. The Morgan fingerprint density at radius 3 is 2.66 bits per heavy atom. The summed E-state index contributed by atoms with van der Waals surface area (Å²) >= 11 is 3.35. The van der Waals surface area contributed by atoms with Gasteiger partial charge in [-0.1, -0.05) is 13.8 Å². The van der Waals surface area contributed by atoms with Crippen molar-refractivity contribution in [2.45, 2.75) is 46.5 Å². The van der Waals surface area contributed by atoms with Gasteiger partial charge in [0.25, 0.3) is 0 Å². The molecule has 0 saturated carbocycles. The van der Waals surface area contributed by atoms with E-state index in [1.54, 1.807) is 26.0 Å². The SMILES string of the molecule is CCOC(=O)C1C(C)=NC2=C(C(=O)CC(C)(C)C2)[C@@H]1c1cc(Br)c(O)c(OC)c1. The highest BCUT2D eigenvalue weighted by molar-refractivity contribution is 9.10. The molecule has 1 N–H and O–H groups in total. The first-order valence-electron chi connectivity index (χ1n) is 9.64. The molecule has 0 amide bonds. The molecule has 1 aliphatic heterocycles. The van der Waals surface area contributed by atoms with Crippen LogP contribution < -0.4 is 4.74 Å². The van der Waals surface area contributed by atoms with E-state index in [0.29, 0.717) is 34.2 Å². The third-order valence-electron chi connectivity index (χ3n) is 5.47. The number of carbonyl (C=O) groups excluding carboxylic acids is 2. The van der Waals surface area contributed by atoms with E-state index >= 15 is 0 Å². The number of rotatable bonds is 4. The van der Waals surface area contributed by atoms with Crippen LogP contribution in [0.3, 0.4) is 0 Å². The van der Waals surface area contributed by atoms with Crippen LogP contribution in [0.5, 0.6) is 11.5 Å². The van der Waals surface area contributed by atoms with Gasteiger partial charge in [0.05, 0.1) is 18.2 Å². The Kier molecular flexibility index (Phi) is 5.90. The zero-order valence-corrected chi connectivity index (χ0v) is 18.9. The highest BCUT2D eigenvalue weighted by atomic mass is 79.9. The zero-order chi connectivity index (χ0) is 21.5. The Hall–Kier alpha value is -2.15. The van der Waals surface area contributed by atoms with Crippen LogP contribution in [0.15, 0.2) is 32.9 Å². The van der Waals surface area contributed by atoms with E-state index in [4.69, 9.17) is 9.47 Å². The Balaban J connectivity index is 2.24. The van der Waals surface area contributed by atoms with E-state index in [1.165, 1.54) is 7.11 Å². The smallest absolute Gasteiger partial charge is 0.315 e. The number of hydrogen-bond acceptors (Lipinski definition) is 6. The molecule has 0 bridgehead atoms. The van der Waals surface area contributed by atoms with Gasteiger partial charge >= 0.3 is 5.97 Å². The van der Waals surface area contributed by atoms with Crippen LogP contribution in [0, 0.1) is 11.3 Å². The first kappa shape index (κ1) is 21.6. The Morgan fingerprint density at radius 1 is 1.34 bits per heavy atom. The summed E-state index contributed by atoms with van der Waals surface area (Å²) in [5, 5.41) is 10.2. The number of Topliss-reactive ketones (excluding diaryl/α,β-unsaturated/α-hetero) is 1. The molecule has 156 valence electrons. The number of phenols is 1. The molecule has 0 radical (unpaired) electrons. The second-order valence-electron chi connectivity index (χ2n) is 8.32. The number of halogens is 1. The van der Waals surface area contributed by atoms with E-state index in [2.05, 4.69) is 20.9 Å². The number of benzene rings is 1. The van der Waals surface area contributed by atoms with Crippen LogP contribution in [-0.4, -0.2) is 36.3 Å². The number of aliphatic imine (C=N–C) groups is 1. The number of nitrogens with zero attached hydrogens (tertiary/aromatic N) is 1. The number of allylic oxidation sites excluding steroid dienone is 2. The van der Waals surface area contributed by atoms with Gasteiger partial charge in [0.2, 0.25) is 0 Å². The monoisotopic (exact) mass is 463 g/mol. The van der Waals surface area contributed by atoms with Crippen molar-refractivity contribution in [3.63, 3.8) is 0 Å². The first-order valence-corrected chi connectivity index (χ1v) is 10.4. The Bertz CT molecular complexity index is 931. The van der Waals surface area contributed by atoms with Crippen LogP contribution in [0.2, 0.25) is 0 Å². The van der Waals surface area contributed by atoms with Crippen molar-refractivity contribution in [3.05, 3.63) is 33.4 Å². The second kappa shape index (κ2) is 7.94. The number of phenolic OH excluding ortho intramolecular Hbond substituents is 1. The van der Waals surface area contributed by atoms with E-state index in [9.17, 15) is 14.7 Å². The van der Waals surface area contributed by atoms with Gasteiger partial charge in [-0.25, -0.2) is 0 Å². The lowest BCUT2D eigenvalue weighted by Gasteiger charge is -2.39. The van der Waals surface area contributed by atoms with Gasteiger partial charge in [-0.2, -0.15) is 0 Å². The van der Waals surface area contributed by atoms with Crippen molar-refractivity contribution >= 4 is 33.4 Å². The molecule has 0 aromatic heterocycles. The Morgan fingerprint density at radius 2 is 2.03 bits per heavy atom. The standard InChI is InChI=1S/C22H26BrNO5/c1-6-29-21(27)17-11(2)24-14-9-22(3,4)10-15(25)19(14)18(17)12-7-13(23)20(26)16(8-12)28-5/h7-8,17-18,26H,6,9-10H2,1-5H3/t17?,18-/m1/s1. The fourth-order valence-electron chi connectivity index (χ4n) is 4.27. The van der Waals surface area contributed by atoms with E-state index in [0.717, 1.165) is 5.70 Å². The van der Waals surface area contributed by atoms with Gasteiger partial charge in [0.1, 0.15) is 5.92 Å². The molecule has 0 spiro atoms. The maximum Gasteiger partial charge on any atom is 0.315 e. The highest BCUT2D eigenvalue weighted by Crippen LogP contribution is 2.49. The molecule has 2 atom stereocenters. The molecule has 0 saturated heterocycles. The van der Waals surface area contributed by atoms with Crippen molar-refractivity contribution in [1.82, 2.24) is 0 Å². The molecule has 1 aromatic rings. The van der Waals surface area contributed by atoms with Crippen molar-refractivity contribution in [1.29, 1.82) is 0 Å². The quantitative estimate of drug-likeness (QED) is 0.662. The summed E-state index contributed by atoms with van der Waals surface area (Å²) in [7, 11) is 1.46. The number of ketones is 1. The van der Waals surface area contributed by atoms with Crippen molar-refractivity contribution in [3.8, 4) is 11.5 Å². The molecule has 1 aromatic carbocycles. The average Bonchev–Trinajstić information content (AvgIpc) is 2.61. The van der Waals surface area contributed by atoms with Gasteiger partial charge in [0, 0.05) is 29.3 Å². The largest absolute Gasteiger partial charge is 0.503 e. The summed E-state index contributed by atoms with van der Waals surface area (Å²) in [5.41, 5.74) is 2.43. The van der Waals surface area contributed by atoms with Crippen LogP contribution in [0.4, 0.5) is 0 Å². The Labute approximate surface area is 179 Å². The first-order chi connectivity index (χ1) is 13.6. The summed E-state index contributed by atoms with van der Waals surface area (Å²) in [6.07, 6.45) is 1.05. The van der Waals surface area contributed by atoms with Gasteiger partial charge < -0.3 is 14.6 Å². The second-order valence-corrected chi connectivity index (χ2v) is 9.17. The molecular weight excluding hydrogens is 438 g/mol. The minimum atomic E-state index is -0.708. The minimum Gasteiger partial charge on any atom is -0.503 e. The van der Waals surface area contributed by atoms with Gasteiger partial charge in [-0.05, 0) is 59.3 Å². The molecule has 7 heteroatoms. The number of ether oxygens (including phenoxy) is 2. The van der Waals surface area contributed by atoms with Crippen LogP contribution >= 0.6 is 15.9 Å². The van der Waals surface area contributed by atoms with E-state index in [-0.39, 0.29) is 29.3 Å². The van der Waals surface area contributed by atoms with Gasteiger partial charge in [-0.3, -0.25) is 14.6 Å². The molecular formula is C22H26BrNO5. The van der Waals surface area contributed by atoms with Crippen LogP contribution in [-0.2, 0) is 14.3 Å². The topological polar surface area (TPSA) is 85.2 Å². The average molecular weight is 464 g/mol. The van der Waals surface area contributed by atoms with Crippen molar-refractivity contribution in [2.75, 3.05) is 13.7 Å². The lowest BCUT2D eigenvalue weighted by molar-refractivity contribution is -0.146. The van der Waals surface area contributed by atoms with Crippen LogP contribution in [0.1, 0.15) is 52.0 Å². The van der Waals surface area contributed by atoms with E-state index in [1.807, 2.05) is 13.8 Å². The summed E-state index contributed by atoms with van der Waals surface area (Å²) in [6, 6.07) is 3.40. The summed E-state index contributed by atoms with van der Waals surface area (Å²) in [6.45, 7) is 7.89. The molecule has 6 nitrogen and oxygen atoms in total. The minimum absolute atomic E-state index is 0.00466. The van der Waals surface area contributed by atoms with Crippen molar-refractivity contribution in [2.24, 2.45) is 16.3 Å². The molecule has 29 heavy (non-hydrogen) atoms. The lowest BCUT2D eigenvalue weighted by Crippen LogP contribution is -2.39. The predicted octanol–water partition coefficient (Wildman–Crippen LogP) is 4.54. The summed E-state index contributed by atoms with van der Waals surface area (Å²) in [4.78, 5) is 30.7. The molecule has 1 unspecified atom stereocenters. The number of methoxy groups -OCH3 is 1. The number of carbonyl (C=O) groups is 2. The number of esters is 1. The molecule has 0 fully saturated rings. The van der Waals surface area contributed by atoms with Gasteiger partial charge in [0.15, 0.2) is 17.3 Å². The zero-order valence-electron chi connectivity index (χ0n) is 17.3. The van der Waals surface area contributed by atoms with Gasteiger partial charge in [-0.15, -0.1) is 0 Å². The normalized spacial score (nSPS) is 23.4. The number of hydrogen-bond donors (Lipinski definition) is 1.